The van der Waals surface area contributed by atoms with Crippen molar-refractivity contribution in [1.29, 1.82) is 0 Å². The van der Waals surface area contributed by atoms with E-state index in [0.717, 1.165) is 16.9 Å². The lowest BCUT2D eigenvalue weighted by atomic mass is 10.0. The van der Waals surface area contributed by atoms with Crippen LogP contribution in [0.5, 0.6) is 5.75 Å². The third kappa shape index (κ3) is 2.21. The molecular formula is C13H14N2O2. The number of rotatable bonds is 3. The monoisotopic (exact) mass is 230 g/mol. The highest BCUT2D eigenvalue weighted by Gasteiger charge is 2.07. The summed E-state index contributed by atoms with van der Waals surface area (Å²) in [4.78, 5) is 14.2. The smallest absolute Gasteiger partial charge is 0.253 e. The van der Waals surface area contributed by atoms with Crippen molar-refractivity contribution in [1.82, 2.24) is 4.98 Å². The largest absolute Gasteiger partial charge is 0.497 e. The van der Waals surface area contributed by atoms with Gasteiger partial charge in [0.15, 0.2) is 0 Å². The van der Waals surface area contributed by atoms with E-state index in [-0.39, 0.29) is 12.1 Å². The van der Waals surface area contributed by atoms with Crippen LogP contribution in [0.3, 0.4) is 0 Å². The Morgan fingerprint density at radius 2 is 1.94 bits per heavy atom. The summed E-state index contributed by atoms with van der Waals surface area (Å²) in [6.07, 6.45) is 1.63. The van der Waals surface area contributed by atoms with Crippen molar-refractivity contribution in [3.8, 4) is 16.9 Å². The van der Waals surface area contributed by atoms with Gasteiger partial charge in [-0.2, -0.15) is 0 Å². The highest BCUT2D eigenvalue weighted by molar-refractivity contribution is 5.67. The fraction of sp³-hybridized carbons (Fsp3) is 0.154. The van der Waals surface area contributed by atoms with Gasteiger partial charge in [-0.15, -0.1) is 0 Å². The summed E-state index contributed by atoms with van der Waals surface area (Å²) < 4.78 is 5.09. The van der Waals surface area contributed by atoms with Gasteiger partial charge in [0.05, 0.1) is 7.11 Å². The van der Waals surface area contributed by atoms with Crippen LogP contribution in [0.2, 0.25) is 0 Å². The number of aromatic nitrogens is 1. The Labute approximate surface area is 99.1 Å². The summed E-state index contributed by atoms with van der Waals surface area (Å²) in [6, 6.07) is 9.39. The van der Waals surface area contributed by atoms with E-state index in [4.69, 9.17) is 10.5 Å². The minimum atomic E-state index is -0.138. The molecule has 88 valence electrons. The topological polar surface area (TPSA) is 68.1 Å². The lowest BCUT2D eigenvalue weighted by Gasteiger charge is -2.07. The maximum absolute atomic E-state index is 11.6. The third-order valence-corrected chi connectivity index (χ3v) is 2.67. The summed E-state index contributed by atoms with van der Waals surface area (Å²) in [5, 5.41) is 0. The van der Waals surface area contributed by atoms with Crippen LogP contribution >= 0.6 is 0 Å². The zero-order chi connectivity index (χ0) is 12.3. The molecule has 2 aromatic rings. The molecule has 0 spiro atoms. The van der Waals surface area contributed by atoms with E-state index in [0.29, 0.717) is 5.56 Å². The lowest BCUT2D eigenvalue weighted by molar-refractivity contribution is 0.415. The number of H-pyrrole nitrogens is 1. The zero-order valence-electron chi connectivity index (χ0n) is 9.57. The number of pyridine rings is 1. The van der Waals surface area contributed by atoms with Crippen LogP contribution < -0.4 is 16.0 Å². The number of aromatic amines is 1. The maximum atomic E-state index is 11.6. The van der Waals surface area contributed by atoms with Crippen molar-refractivity contribution in [2.24, 2.45) is 5.73 Å². The van der Waals surface area contributed by atoms with Crippen molar-refractivity contribution >= 4 is 0 Å². The highest BCUT2D eigenvalue weighted by Crippen LogP contribution is 2.23. The molecule has 2 rings (SSSR count). The molecule has 4 nitrogen and oxygen atoms in total. The van der Waals surface area contributed by atoms with Crippen LogP contribution in [0.25, 0.3) is 11.1 Å². The second kappa shape index (κ2) is 4.84. The van der Waals surface area contributed by atoms with Gasteiger partial charge in [-0.3, -0.25) is 4.79 Å². The molecule has 0 aliphatic heterocycles. The van der Waals surface area contributed by atoms with Gasteiger partial charge >= 0.3 is 0 Å². The summed E-state index contributed by atoms with van der Waals surface area (Å²) in [6.45, 7) is 0.220. The second-order valence-corrected chi connectivity index (χ2v) is 3.63. The van der Waals surface area contributed by atoms with Crippen LogP contribution in [0.15, 0.2) is 41.3 Å². The number of hydrogen-bond donors (Lipinski definition) is 2. The Morgan fingerprint density at radius 3 is 2.53 bits per heavy atom. The van der Waals surface area contributed by atoms with E-state index in [1.165, 1.54) is 0 Å². The molecule has 0 aliphatic rings. The normalized spacial score (nSPS) is 10.2. The predicted molar refractivity (Wildman–Crippen MR) is 66.9 cm³/mol. The molecule has 0 saturated carbocycles. The molecule has 0 amide bonds. The molecule has 0 aliphatic carbocycles. The number of benzene rings is 1. The van der Waals surface area contributed by atoms with Gasteiger partial charge in [-0.25, -0.2) is 0 Å². The molecule has 4 heteroatoms. The van der Waals surface area contributed by atoms with Gasteiger partial charge < -0.3 is 15.5 Å². The van der Waals surface area contributed by atoms with Crippen molar-refractivity contribution in [3.63, 3.8) is 0 Å². The quantitative estimate of drug-likeness (QED) is 0.839. The Bertz CT molecular complexity index is 558. The van der Waals surface area contributed by atoms with Gasteiger partial charge in [-0.1, -0.05) is 12.1 Å². The molecule has 0 bridgehead atoms. The summed E-state index contributed by atoms with van der Waals surface area (Å²) in [5.41, 5.74) is 7.87. The van der Waals surface area contributed by atoms with E-state index in [9.17, 15) is 4.79 Å². The van der Waals surface area contributed by atoms with Gasteiger partial charge in [0.25, 0.3) is 5.56 Å². The molecular weight excluding hydrogens is 216 g/mol. The van der Waals surface area contributed by atoms with E-state index >= 15 is 0 Å². The molecule has 1 aromatic carbocycles. The van der Waals surface area contributed by atoms with Gasteiger partial charge in [0.2, 0.25) is 0 Å². The van der Waals surface area contributed by atoms with Crippen LogP contribution in [-0.2, 0) is 6.54 Å². The molecule has 1 aromatic heterocycles. The first kappa shape index (κ1) is 11.4. The van der Waals surface area contributed by atoms with Gasteiger partial charge in [0, 0.05) is 18.3 Å². The molecule has 0 fully saturated rings. The third-order valence-electron chi connectivity index (χ3n) is 2.67. The summed E-state index contributed by atoms with van der Waals surface area (Å²) in [7, 11) is 1.62. The lowest BCUT2D eigenvalue weighted by Crippen LogP contribution is -2.16. The van der Waals surface area contributed by atoms with E-state index < -0.39 is 0 Å². The fourth-order valence-electron chi connectivity index (χ4n) is 1.75. The van der Waals surface area contributed by atoms with E-state index in [1.54, 1.807) is 13.3 Å². The fourth-order valence-corrected chi connectivity index (χ4v) is 1.75. The first-order valence-electron chi connectivity index (χ1n) is 5.31. The second-order valence-electron chi connectivity index (χ2n) is 3.63. The zero-order valence-corrected chi connectivity index (χ0v) is 9.57. The first-order chi connectivity index (χ1) is 8.26. The average molecular weight is 230 g/mol. The van der Waals surface area contributed by atoms with E-state index in [1.807, 2.05) is 30.3 Å². The Morgan fingerprint density at radius 1 is 1.24 bits per heavy atom. The first-order valence-corrected chi connectivity index (χ1v) is 5.31. The SMILES string of the molecule is COc1ccc(-c2cc[nH]c(=O)c2CN)cc1. The number of ether oxygens (including phenoxy) is 1. The predicted octanol–water partition coefficient (Wildman–Crippen LogP) is 1.51. The number of nitrogens with one attached hydrogen (secondary N) is 1. The molecule has 3 N–H and O–H groups in total. The van der Waals surface area contributed by atoms with E-state index in [2.05, 4.69) is 4.98 Å². The summed E-state index contributed by atoms with van der Waals surface area (Å²) in [5.74, 6) is 0.785. The van der Waals surface area contributed by atoms with Crippen LogP contribution in [0.4, 0.5) is 0 Å². The average Bonchev–Trinajstić information content (AvgIpc) is 2.38. The van der Waals surface area contributed by atoms with Gasteiger partial charge in [0.1, 0.15) is 5.75 Å². The minimum absolute atomic E-state index is 0.138. The number of nitrogens with two attached hydrogens (primary N) is 1. The molecule has 17 heavy (non-hydrogen) atoms. The number of methoxy groups -OCH3 is 1. The van der Waals surface area contributed by atoms with Crippen LogP contribution in [-0.4, -0.2) is 12.1 Å². The molecule has 0 saturated heterocycles. The maximum Gasteiger partial charge on any atom is 0.253 e. The Kier molecular flexibility index (Phi) is 3.25. The molecule has 1 heterocycles. The Hall–Kier alpha value is -2.07. The molecule has 0 unspecified atom stereocenters. The Balaban J connectivity index is 2.52. The molecule has 0 atom stereocenters. The van der Waals surface area contributed by atoms with Gasteiger partial charge in [-0.05, 0) is 29.3 Å². The minimum Gasteiger partial charge on any atom is -0.497 e. The molecule has 0 radical (unpaired) electrons. The highest BCUT2D eigenvalue weighted by atomic mass is 16.5. The van der Waals surface area contributed by atoms with Crippen molar-refractivity contribution in [3.05, 3.63) is 52.4 Å². The van der Waals surface area contributed by atoms with Crippen molar-refractivity contribution in [2.45, 2.75) is 6.54 Å². The number of hydrogen-bond acceptors (Lipinski definition) is 3. The van der Waals surface area contributed by atoms with Crippen LogP contribution in [0.1, 0.15) is 5.56 Å². The summed E-state index contributed by atoms with van der Waals surface area (Å²) >= 11 is 0. The van der Waals surface area contributed by atoms with Crippen LogP contribution in [0, 0.1) is 0 Å². The van der Waals surface area contributed by atoms with Crippen molar-refractivity contribution in [2.75, 3.05) is 7.11 Å². The standard InChI is InChI=1S/C13H14N2O2/c1-17-10-4-2-9(3-5-10)11-6-7-15-13(16)12(11)8-14/h2-7H,8,14H2,1H3,(H,15,16). The van der Waals surface area contributed by atoms with Crippen molar-refractivity contribution < 1.29 is 4.74 Å².